The Balaban J connectivity index is 0.00000361. The summed E-state index contributed by atoms with van der Waals surface area (Å²) in [6.07, 6.45) is -5.52. The summed E-state index contributed by atoms with van der Waals surface area (Å²) >= 11 is 1.06. The molecule has 1 aliphatic heterocycles. The normalized spacial score (nSPS) is 35.1. The molecule has 1 aliphatic rings. The van der Waals surface area contributed by atoms with Crippen LogP contribution in [0.15, 0.2) is 0 Å². The summed E-state index contributed by atoms with van der Waals surface area (Å²) in [4.78, 5) is 10.8. The Bertz CT molecular complexity index is 304. The molecule has 0 aromatic rings. The van der Waals surface area contributed by atoms with E-state index >= 15 is 0 Å². The fourth-order valence-electron chi connectivity index (χ4n) is 1.81. The number of carboxylic acid groups (broad SMARTS) is 1. The predicted molar refractivity (Wildman–Crippen MR) is 65.2 cm³/mol. The van der Waals surface area contributed by atoms with E-state index in [1.54, 1.807) is 6.92 Å². The SMILES string of the molecule is CCC(SC[C@H]1O[C@@H](OC)[C@H](O)[C@@H](O)[C@H]1O)C(=O)[O-].[Na+]. The van der Waals surface area contributed by atoms with E-state index in [9.17, 15) is 25.2 Å². The Kier molecular flexibility index (Phi) is 9.90. The zero-order chi connectivity index (χ0) is 14.6. The van der Waals surface area contributed by atoms with Gasteiger partial charge in [0.25, 0.3) is 0 Å². The summed E-state index contributed by atoms with van der Waals surface area (Å²) in [7, 11) is 1.30. The summed E-state index contributed by atoms with van der Waals surface area (Å²) < 4.78 is 10.1. The molecule has 1 saturated heterocycles. The van der Waals surface area contributed by atoms with Gasteiger partial charge in [0.15, 0.2) is 6.29 Å². The predicted octanol–water partition coefficient (Wildman–Crippen LogP) is -5.29. The Morgan fingerprint density at radius 2 is 1.95 bits per heavy atom. The standard InChI is InChI=1S/C11H20O7S.Na/c1-3-6(10(15)16)19-4-5-7(12)8(13)9(14)11(17-2)18-5;/h5-9,11-14H,3-4H2,1-2H3,(H,15,16);/q;+1/p-1/t5-,6?,7+,8+,9-,11-;/m1./s1. The van der Waals surface area contributed by atoms with E-state index in [0.717, 1.165) is 11.8 Å². The summed E-state index contributed by atoms with van der Waals surface area (Å²) in [5, 5.41) is 39.1. The number of carbonyl (C=O) groups excluding carboxylic acids is 1. The van der Waals surface area contributed by atoms with Crippen molar-refractivity contribution in [1.82, 2.24) is 0 Å². The van der Waals surface area contributed by atoms with E-state index in [2.05, 4.69) is 0 Å². The van der Waals surface area contributed by atoms with Crippen LogP contribution in [0.4, 0.5) is 0 Å². The molecule has 3 N–H and O–H groups in total. The molecule has 0 aliphatic carbocycles. The molecule has 9 heteroatoms. The number of hydrogen-bond donors (Lipinski definition) is 3. The first-order valence-corrected chi connectivity index (χ1v) is 7.02. The Labute approximate surface area is 143 Å². The van der Waals surface area contributed by atoms with Crippen molar-refractivity contribution < 1.29 is 64.3 Å². The molecule has 0 amide bonds. The second-order valence-electron chi connectivity index (χ2n) is 4.30. The molecule has 112 valence electrons. The van der Waals surface area contributed by atoms with Crippen LogP contribution in [0.25, 0.3) is 0 Å². The Morgan fingerprint density at radius 1 is 1.35 bits per heavy atom. The van der Waals surface area contributed by atoms with Crippen LogP contribution < -0.4 is 34.7 Å². The molecule has 1 rings (SSSR count). The molecule has 7 nitrogen and oxygen atoms in total. The van der Waals surface area contributed by atoms with Crippen molar-refractivity contribution in [2.24, 2.45) is 0 Å². The summed E-state index contributed by atoms with van der Waals surface area (Å²) in [6.45, 7) is 1.71. The average Bonchev–Trinajstić information content (AvgIpc) is 2.38. The second-order valence-corrected chi connectivity index (χ2v) is 5.54. The van der Waals surface area contributed by atoms with Gasteiger partial charge in [-0.05, 0) is 6.42 Å². The number of rotatable bonds is 6. The van der Waals surface area contributed by atoms with Crippen LogP contribution in [0, 0.1) is 0 Å². The molecule has 0 spiro atoms. The molecule has 0 saturated carbocycles. The van der Waals surface area contributed by atoms with Gasteiger partial charge < -0.3 is 34.7 Å². The van der Waals surface area contributed by atoms with Gasteiger partial charge in [-0.3, -0.25) is 0 Å². The molecule has 1 fully saturated rings. The van der Waals surface area contributed by atoms with Crippen LogP contribution in [0.1, 0.15) is 13.3 Å². The minimum absolute atomic E-state index is 0. The maximum Gasteiger partial charge on any atom is 1.00 e. The van der Waals surface area contributed by atoms with E-state index in [4.69, 9.17) is 9.47 Å². The van der Waals surface area contributed by atoms with Gasteiger partial charge >= 0.3 is 29.6 Å². The van der Waals surface area contributed by atoms with E-state index in [0.29, 0.717) is 6.42 Å². The summed E-state index contributed by atoms with van der Waals surface area (Å²) in [5.74, 6) is -1.03. The van der Waals surface area contributed by atoms with Crippen LogP contribution in [-0.4, -0.2) is 70.1 Å². The van der Waals surface area contributed by atoms with Crippen molar-refractivity contribution in [2.75, 3.05) is 12.9 Å². The number of carbonyl (C=O) groups is 1. The number of aliphatic carboxylic acids is 1. The van der Waals surface area contributed by atoms with Crippen LogP contribution in [0.5, 0.6) is 0 Å². The van der Waals surface area contributed by atoms with Gasteiger partial charge in [-0.15, -0.1) is 11.8 Å². The van der Waals surface area contributed by atoms with Crippen molar-refractivity contribution in [2.45, 2.75) is 49.3 Å². The number of ether oxygens (including phenoxy) is 2. The molecule has 0 radical (unpaired) electrons. The van der Waals surface area contributed by atoms with E-state index < -0.39 is 41.9 Å². The maximum absolute atomic E-state index is 10.8. The quantitative estimate of drug-likeness (QED) is 0.416. The summed E-state index contributed by atoms with van der Waals surface area (Å²) in [5.41, 5.74) is 0. The second kappa shape index (κ2) is 9.60. The smallest absolute Gasteiger partial charge is 0.549 e. The zero-order valence-electron chi connectivity index (χ0n) is 11.8. The van der Waals surface area contributed by atoms with Gasteiger partial charge in [0, 0.05) is 18.1 Å². The van der Waals surface area contributed by atoms with Crippen LogP contribution in [-0.2, 0) is 14.3 Å². The number of methoxy groups -OCH3 is 1. The molecule has 1 unspecified atom stereocenters. The Morgan fingerprint density at radius 3 is 2.40 bits per heavy atom. The third-order valence-electron chi connectivity index (χ3n) is 3.00. The van der Waals surface area contributed by atoms with Crippen LogP contribution in [0.2, 0.25) is 0 Å². The van der Waals surface area contributed by atoms with Crippen molar-refractivity contribution in [3.63, 3.8) is 0 Å². The van der Waals surface area contributed by atoms with Crippen molar-refractivity contribution in [3.05, 3.63) is 0 Å². The number of hydrogen-bond acceptors (Lipinski definition) is 8. The van der Waals surface area contributed by atoms with Gasteiger partial charge in [0.2, 0.25) is 0 Å². The average molecular weight is 318 g/mol. The number of aliphatic hydroxyl groups is 3. The fraction of sp³-hybridized carbons (Fsp3) is 0.909. The van der Waals surface area contributed by atoms with Gasteiger partial charge in [-0.1, -0.05) is 6.92 Å². The minimum atomic E-state index is -1.40. The van der Waals surface area contributed by atoms with E-state index in [-0.39, 0.29) is 35.3 Å². The molecule has 0 bridgehead atoms. The minimum Gasteiger partial charge on any atom is -0.549 e. The third-order valence-corrected chi connectivity index (χ3v) is 4.45. The van der Waals surface area contributed by atoms with E-state index in [1.165, 1.54) is 7.11 Å². The van der Waals surface area contributed by atoms with Gasteiger partial charge in [0.1, 0.15) is 18.3 Å². The van der Waals surface area contributed by atoms with E-state index in [1.807, 2.05) is 0 Å². The van der Waals surface area contributed by atoms with Crippen LogP contribution in [0.3, 0.4) is 0 Å². The van der Waals surface area contributed by atoms with Gasteiger partial charge in [0.05, 0.1) is 12.1 Å². The van der Waals surface area contributed by atoms with Gasteiger partial charge in [-0.2, -0.15) is 0 Å². The number of aliphatic hydroxyl groups excluding tert-OH is 3. The maximum atomic E-state index is 10.8. The van der Waals surface area contributed by atoms with Crippen molar-refractivity contribution in [3.8, 4) is 0 Å². The first kappa shape index (κ1) is 20.6. The molecular formula is C11H19NaO7S. The van der Waals surface area contributed by atoms with Gasteiger partial charge in [-0.25, -0.2) is 0 Å². The molecular weight excluding hydrogens is 299 g/mol. The van der Waals surface area contributed by atoms with Crippen LogP contribution >= 0.6 is 11.8 Å². The molecule has 1 heterocycles. The monoisotopic (exact) mass is 318 g/mol. The topological polar surface area (TPSA) is 119 Å². The molecule has 0 aromatic heterocycles. The molecule has 20 heavy (non-hydrogen) atoms. The zero-order valence-corrected chi connectivity index (χ0v) is 14.6. The fourth-order valence-corrected chi connectivity index (χ4v) is 2.88. The summed E-state index contributed by atoms with van der Waals surface area (Å²) in [6, 6.07) is 0. The first-order valence-electron chi connectivity index (χ1n) is 5.97. The first-order chi connectivity index (χ1) is 8.92. The number of thioether (sulfide) groups is 1. The molecule has 6 atom stereocenters. The van der Waals surface area contributed by atoms with Crippen molar-refractivity contribution >= 4 is 17.7 Å². The Hall–Kier alpha value is 0.620. The molecule has 0 aromatic carbocycles. The number of carboxylic acids is 1. The van der Waals surface area contributed by atoms with Crippen molar-refractivity contribution in [1.29, 1.82) is 0 Å². The largest absolute Gasteiger partial charge is 1.00 e. The third kappa shape index (κ3) is 5.11.